The van der Waals surface area contributed by atoms with Crippen molar-refractivity contribution >= 4 is 29.1 Å². The van der Waals surface area contributed by atoms with E-state index in [0.29, 0.717) is 17.3 Å². The molecule has 1 fully saturated rings. The first-order valence-corrected chi connectivity index (χ1v) is 9.70. The summed E-state index contributed by atoms with van der Waals surface area (Å²) in [5, 5.41) is 6.44. The number of morpholine rings is 1. The molecular weight excluding hydrogens is 368 g/mol. The second-order valence-electron chi connectivity index (χ2n) is 7.74. The molecule has 1 unspecified atom stereocenters. The van der Waals surface area contributed by atoms with Crippen molar-refractivity contribution in [3.8, 4) is 0 Å². The SMILES string of the molecule is C[NH+](CC(=O)NCC(C)(C)[NH+]1CCOCC1)CC(=O)Nc1ccc(Cl)cc1. The number of benzene rings is 1. The number of likely N-dealkylation sites (N-methyl/N-ethyl adjacent to an activating group) is 1. The van der Waals surface area contributed by atoms with Gasteiger partial charge in [0.05, 0.1) is 26.8 Å². The van der Waals surface area contributed by atoms with E-state index in [0.717, 1.165) is 31.2 Å². The molecule has 7 nitrogen and oxygen atoms in total. The largest absolute Gasteiger partial charge is 0.370 e. The molecule has 1 aliphatic heterocycles. The molecule has 150 valence electrons. The molecule has 1 aliphatic rings. The van der Waals surface area contributed by atoms with Crippen molar-refractivity contribution in [2.75, 3.05) is 58.3 Å². The van der Waals surface area contributed by atoms with E-state index < -0.39 is 0 Å². The highest BCUT2D eigenvalue weighted by Gasteiger charge is 2.32. The molecule has 4 N–H and O–H groups in total. The van der Waals surface area contributed by atoms with Gasteiger partial charge in [-0.15, -0.1) is 0 Å². The van der Waals surface area contributed by atoms with E-state index in [2.05, 4.69) is 24.5 Å². The van der Waals surface area contributed by atoms with Gasteiger partial charge in [0.1, 0.15) is 18.6 Å². The third kappa shape index (κ3) is 7.46. The standard InChI is InChI=1S/C19H29ClN4O3/c1-19(2,24-8-10-27-11-9-24)14-21-17(25)12-23(3)13-18(26)22-16-6-4-15(20)5-7-16/h4-7H,8-14H2,1-3H3,(H,21,25)(H,22,26)/p+2. The van der Waals surface area contributed by atoms with Crippen molar-refractivity contribution in [2.45, 2.75) is 19.4 Å². The number of carbonyl (C=O) groups excluding carboxylic acids is 2. The van der Waals surface area contributed by atoms with Crippen LogP contribution in [-0.4, -0.2) is 70.3 Å². The molecule has 27 heavy (non-hydrogen) atoms. The predicted molar refractivity (Wildman–Crippen MR) is 105 cm³/mol. The number of nitrogens with one attached hydrogen (secondary N) is 4. The average molecular weight is 399 g/mol. The van der Waals surface area contributed by atoms with Crippen LogP contribution in [-0.2, 0) is 14.3 Å². The Bertz CT molecular complexity index is 630. The maximum atomic E-state index is 12.2. The minimum atomic E-state index is -0.138. The van der Waals surface area contributed by atoms with Gasteiger partial charge in [-0.25, -0.2) is 0 Å². The zero-order valence-electron chi connectivity index (χ0n) is 16.4. The molecule has 1 atom stereocenters. The highest BCUT2D eigenvalue weighted by Crippen LogP contribution is 2.12. The minimum Gasteiger partial charge on any atom is -0.370 e. The van der Waals surface area contributed by atoms with Crippen LogP contribution in [0.5, 0.6) is 0 Å². The van der Waals surface area contributed by atoms with Crippen LogP contribution in [0.25, 0.3) is 0 Å². The van der Waals surface area contributed by atoms with Gasteiger partial charge < -0.3 is 25.2 Å². The van der Waals surface area contributed by atoms with Gasteiger partial charge in [-0.2, -0.15) is 0 Å². The number of quaternary nitrogens is 2. The molecule has 2 rings (SSSR count). The summed E-state index contributed by atoms with van der Waals surface area (Å²) in [4.78, 5) is 26.6. The number of anilines is 1. The number of amides is 2. The Balaban J connectivity index is 1.71. The average Bonchev–Trinajstić information content (AvgIpc) is 2.62. The quantitative estimate of drug-likeness (QED) is 0.435. The lowest BCUT2D eigenvalue weighted by molar-refractivity contribution is -0.954. The van der Waals surface area contributed by atoms with Crippen LogP contribution < -0.4 is 20.4 Å². The Kier molecular flexibility index (Phi) is 8.04. The van der Waals surface area contributed by atoms with Crippen LogP contribution in [0.1, 0.15) is 13.8 Å². The number of hydrogen-bond acceptors (Lipinski definition) is 3. The lowest BCUT2D eigenvalue weighted by Gasteiger charge is -2.37. The molecule has 1 saturated heterocycles. The molecule has 1 heterocycles. The van der Waals surface area contributed by atoms with Gasteiger partial charge in [0, 0.05) is 10.7 Å². The molecule has 0 aromatic heterocycles. The number of ether oxygens (including phenoxy) is 1. The van der Waals surface area contributed by atoms with E-state index in [1.54, 1.807) is 24.3 Å². The Morgan fingerprint density at radius 2 is 1.74 bits per heavy atom. The van der Waals surface area contributed by atoms with E-state index in [-0.39, 0.29) is 30.4 Å². The molecule has 0 bridgehead atoms. The van der Waals surface area contributed by atoms with Crippen LogP contribution >= 0.6 is 11.6 Å². The van der Waals surface area contributed by atoms with Gasteiger partial charge in [-0.1, -0.05) is 11.6 Å². The van der Waals surface area contributed by atoms with Gasteiger partial charge in [0.2, 0.25) is 0 Å². The Morgan fingerprint density at radius 3 is 2.37 bits per heavy atom. The summed E-state index contributed by atoms with van der Waals surface area (Å²) >= 11 is 5.83. The second-order valence-corrected chi connectivity index (χ2v) is 8.18. The first-order valence-electron chi connectivity index (χ1n) is 9.32. The van der Waals surface area contributed by atoms with Crippen molar-refractivity contribution < 1.29 is 24.1 Å². The van der Waals surface area contributed by atoms with E-state index >= 15 is 0 Å². The normalized spacial score (nSPS) is 16.6. The van der Waals surface area contributed by atoms with Crippen molar-refractivity contribution in [1.82, 2.24) is 5.32 Å². The Morgan fingerprint density at radius 1 is 1.15 bits per heavy atom. The highest BCUT2D eigenvalue weighted by molar-refractivity contribution is 6.30. The fraction of sp³-hybridized carbons (Fsp3) is 0.579. The van der Waals surface area contributed by atoms with E-state index in [9.17, 15) is 9.59 Å². The van der Waals surface area contributed by atoms with Crippen molar-refractivity contribution in [2.24, 2.45) is 0 Å². The summed E-state index contributed by atoms with van der Waals surface area (Å²) in [6.45, 7) is 8.83. The Hall–Kier alpha value is -1.67. The van der Waals surface area contributed by atoms with Crippen molar-refractivity contribution in [3.63, 3.8) is 0 Å². The summed E-state index contributed by atoms with van der Waals surface area (Å²) in [5.74, 6) is -0.187. The second kappa shape index (κ2) is 10.0. The van der Waals surface area contributed by atoms with Crippen molar-refractivity contribution in [3.05, 3.63) is 29.3 Å². The summed E-state index contributed by atoms with van der Waals surface area (Å²) in [5.41, 5.74) is 0.649. The lowest BCUT2D eigenvalue weighted by Crippen LogP contribution is -3.22. The first kappa shape index (κ1) is 21.6. The van der Waals surface area contributed by atoms with Gasteiger partial charge >= 0.3 is 0 Å². The molecule has 8 heteroatoms. The highest BCUT2D eigenvalue weighted by atomic mass is 35.5. The van der Waals surface area contributed by atoms with Crippen LogP contribution in [0, 0.1) is 0 Å². The van der Waals surface area contributed by atoms with E-state index in [1.165, 1.54) is 4.90 Å². The van der Waals surface area contributed by atoms with Crippen LogP contribution in [0.15, 0.2) is 24.3 Å². The molecular formula is C19H31ClN4O3+2. The number of carbonyl (C=O) groups is 2. The Labute approximate surface area is 166 Å². The fourth-order valence-electron chi connectivity index (χ4n) is 3.15. The molecule has 0 saturated carbocycles. The first-order chi connectivity index (χ1) is 12.8. The predicted octanol–water partition coefficient (Wildman–Crippen LogP) is -1.40. The number of halogens is 1. The third-order valence-corrected chi connectivity index (χ3v) is 5.09. The summed E-state index contributed by atoms with van der Waals surface area (Å²) < 4.78 is 5.40. The molecule has 2 amide bonds. The van der Waals surface area contributed by atoms with E-state index in [4.69, 9.17) is 16.3 Å². The summed E-state index contributed by atoms with van der Waals surface area (Å²) in [6.07, 6.45) is 0. The summed E-state index contributed by atoms with van der Waals surface area (Å²) in [6, 6.07) is 6.94. The van der Waals surface area contributed by atoms with Gasteiger partial charge in [0.25, 0.3) is 11.8 Å². The monoisotopic (exact) mass is 398 g/mol. The maximum Gasteiger partial charge on any atom is 0.279 e. The molecule has 0 radical (unpaired) electrons. The number of hydrogen-bond donors (Lipinski definition) is 4. The van der Waals surface area contributed by atoms with Gasteiger partial charge in [-0.05, 0) is 38.1 Å². The topological polar surface area (TPSA) is 76.3 Å². The van der Waals surface area contributed by atoms with Gasteiger partial charge in [-0.3, -0.25) is 9.59 Å². The fourth-order valence-corrected chi connectivity index (χ4v) is 3.28. The van der Waals surface area contributed by atoms with Crippen molar-refractivity contribution in [1.29, 1.82) is 0 Å². The van der Waals surface area contributed by atoms with Gasteiger partial charge in [0.15, 0.2) is 13.1 Å². The molecule has 0 aliphatic carbocycles. The minimum absolute atomic E-state index is 0.0424. The van der Waals surface area contributed by atoms with Crippen LogP contribution in [0.4, 0.5) is 5.69 Å². The zero-order chi connectivity index (χ0) is 19.9. The number of rotatable bonds is 8. The van der Waals surface area contributed by atoms with E-state index in [1.807, 2.05) is 7.05 Å². The molecule has 1 aromatic carbocycles. The summed E-state index contributed by atoms with van der Waals surface area (Å²) in [7, 11) is 1.83. The smallest absolute Gasteiger partial charge is 0.279 e. The van der Waals surface area contributed by atoms with Crippen LogP contribution in [0.2, 0.25) is 5.02 Å². The maximum absolute atomic E-state index is 12.2. The van der Waals surface area contributed by atoms with Crippen LogP contribution in [0.3, 0.4) is 0 Å². The molecule has 0 spiro atoms. The third-order valence-electron chi connectivity index (χ3n) is 4.83. The zero-order valence-corrected chi connectivity index (χ0v) is 17.1. The lowest BCUT2D eigenvalue weighted by atomic mass is 10.0. The molecule has 1 aromatic rings.